The number of carbonyl (C=O) groups excluding carboxylic acids is 1. The summed E-state index contributed by atoms with van der Waals surface area (Å²) in [5.41, 5.74) is 0.463. The molecule has 134 valence electrons. The number of rotatable bonds is 8. The van der Waals surface area contributed by atoms with E-state index < -0.39 is 6.03 Å². The molecule has 1 aromatic heterocycles. The molecule has 0 aliphatic carbocycles. The molecule has 0 radical (unpaired) electrons. The Kier molecular flexibility index (Phi) is 7.24. The van der Waals surface area contributed by atoms with Crippen molar-refractivity contribution in [2.75, 3.05) is 37.9 Å². The van der Waals surface area contributed by atoms with E-state index in [-0.39, 0.29) is 5.82 Å². The zero-order valence-electron chi connectivity index (χ0n) is 14.0. The Labute approximate surface area is 150 Å². The van der Waals surface area contributed by atoms with Gasteiger partial charge in [0, 0.05) is 5.02 Å². The fourth-order valence-corrected chi connectivity index (χ4v) is 2.11. The molecule has 0 aliphatic rings. The van der Waals surface area contributed by atoms with E-state index >= 15 is 0 Å². The van der Waals surface area contributed by atoms with Crippen LogP contribution in [-0.4, -0.2) is 43.3 Å². The number of hydrogen-bond donors (Lipinski definition) is 3. The maximum Gasteiger partial charge on any atom is 0.325 e. The van der Waals surface area contributed by atoms with Crippen molar-refractivity contribution >= 4 is 29.1 Å². The summed E-state index contributed by atoms with van der Waals surface area (Å²) in [6.45, 7) is 1.35. The van der Waals surface area contributed by atoms with Crippen molar-refractivity contribution in [2.24, 2.45) is 0 Å². The van der Waals surface area contributed by atoms with Crippen LogP contribution in [0.2, 0.25) is 5.02 Å². The molecular formula is C16H20ClN5O3. The number of methoxy groups -OCH3 is 1. The largest absolute Gasteiger partial charge is 0.491 e. The quantitative estimate of drug-likeness (QED) is 0.622. The molecule has 9 heteroatoms. The predicted molar refractivity (Wildman–Crippen MR) is 96.7 cm³/mol. The lowest BCUT2D eigenvalue weighted by atomic mass is 10.3. The van der Waals surface area contributed by atoms with Crippen LogP contribution in [0, 0.1) is 0 Å². The standard InChI is InChI=1S/C16H20ClN5O3/c1-18-6-3-7-25-13-5-4-11(17)8-12(13)20-16(23)22-14-9-19-10-15(21-14)24-2/h4-5,8-10,18H,3,6-7H2,1-2H3,(H2,20,21,22,23). The first-order valence-corrected chi connectivity index (χ1v) is 8.01. The third kappa shape index (κ3) is 6.09. The molecule has 0 unspecified atom stereocenters. The summed E-state index contributed by atoms with van der Waals surface area (Å²) in [6, 6.07) is 4.53. The minimum atomic E-state index is -0.495. The Morgan fingerprint density at radius 3 is 2.88 bits per heavy atom. The first-order valence-electron chi connectivity index (χ1n) is 7.63. The van der Waals surface area contributed by atoms with Crippen LogP contribution in [0.4, 0.5) is 16.3 Å². The molecule has 0 saturated carbocycles. The van der Waals surface area contributed by atoms with Crippen LogP contribution < -0.4 is 25.4 Å². The van der Waals surface area contributed by atoms with E-state index in [4.69, 9.17) is 21.1 Å². The molecule has 0 fully saturated rings. The van der Waals surface area contributed by atoms with Gasteiger partial charge in [-0.05, 0) is 38.2 Å². The second-order valence-electron chi connectivity index (χ2n) is 4.97. The molecule has 2 rings (SSSR count). The van der Waals surface area contributed by atoms with Gasteiger partial charge < -0.3 is 20.1 Å². The molecule has 0 bridgehead atoms. The minimum absolute atomic E-state index is 0.260. The molecule has 0 atom stereocenters. The van der Waals surface area contributed by atoms with E-state index in [2.05, 4.69) is 25.9 Å². The van der Waals surface area contributed by atoms with Gasteiger partial charge in [0.25, 0.3) is 0 Å². The Bertz CT molecular complexity index is 714. The van der Waals surface area contributed by atoms with Crippen LogP contribution in [0.3, 0.4) is 0 Å². The molecule has 0 saturated heterocycles. The van der Waals surface area contributed by atoms with Gasteiger partial charge in [-0.25, -0.2) is 4.79 Å². The highest BCUT2D eigenvalue weighted by Gasteiger charge is 2.10. The fraction of sp³-hybridized carbons (Fsp3) is 0.312. The van der Waals surface area contributed by atoms with E-state index in [0.717, 1.165) is 13.0 Å². The van der Waals surface area contributed by atoms with Gasteiger partial charge in [0.05, 0.1) is 31.8 Å². The lowest BCUT2D eigenvalue weighted by molar-refractivity contribution is 0.261. The monoisotopic (exact) mass is 365 g/mol. The van der Waals surface area contributed by atoms with Crippen LogP contribution in [0.1, 0.15) is 6.42 Å². The number of urea groups is 1. The number of hydrogen-bond acceptors (Lipinski definition) is 6. The lowest BCUT2D eigenvalue weighted by Gasteiger charge is -2.13. The van der Waals surface area contributed by atoms with Crippen LogP contribution in [0.15, 0.2) is 30.6 Å². The molecule has 1 heterocycles. The summed E-state index contributed by atoms with van der Waals surface area (Å²) in [5, 5.41) is 8.80. The van der Waals surface area contributed by atoms with Gasteiger partial charge in [-0.3, -0.25) is 10.3 Å². The highest BCUT2D eigenvalue weighted by atomic mass is 35.5. The van der Waals surface area contributed by atoms with E-state index in [1.165, 1.54) is 19.5 Å². The van der Waals surface area contributed by atoms with Crippen molar-refractivity contribution in [3.8, 4) is 11.6 Å². The zero-order chi connectivity index (χ0) is 18.1. The van der Waals surface area contributed by atoms with Crippen molar-refractivity contribution in [1.82, 2.24) is 15.3 Å². The van der Waals surface area contributed by atoms with Gasteiger partial charge >= 0.3 is 6.03 Å². The topological polar surface area (TPSA) is 97.4 Å². The summed E-state index contributed by atoms with van der Waals surface area (Å²) in [7, 11) is 3.35. The molecule has 1 aromatic carbocycles. The number of benzene rings is 1. The number of halogens is 1. The third-order valence-electron chi connectivity index (χ3n) is 3.08. The van der Waals surface area contributed by atoms with Crippen LogP contribution >= 0.6 is 11.6 Å². The average Bonchev–Trinajstić information content (AvgIpc) is 2.60. The number of nitrogens with one attached hydrogen (secondary N) is 3. The average molecular weight is 366 g/mol. The van der Waals surface area contributed by atoms with E-state index in [1.807, 2.05) is 7.05 Å². The molecule has 0 spiro atoms. The number of aromatic nitrogens is 2. The Morgan fingerprint density at radius 1 is 1.28 bits per heavy atom. The maximum atomic E-state index is 12.2. The molecule has 0 aliphatic heterocycles. The van der Waals surface area contributed by atoms with Gasteiger partial charge in [0.2, 0.25) is 5.88 Å². The normalized spacial score (nSPS) is 10.2. The SMILES string of the molecule is CNCCCOc1ccc(Cl)cc1NC(=O)Nc1cncc(OC)n1. The Balaban J connectivity index is 2.02. The maximum absolute atomic E-state index is 12.2. The summed E-state index contributed by atoms with van der Waals surface area (Å²) < 4.78 is 10.7. The second kappa shape index (κ2) is 9.65. The van der Waals surface area contributed by atoms with Gasteiger partial charge in [0.15, 0.2) is 5.82 Å². The van der Waals surface area contributed by atoms with Crippen molar-refractivity contribution in [1.29, 1.82) is 0 Å². The van der Waals surface area contributed by atoms with Gasteiger partial charge in [-0.1, -0.05) is 11.6 Å². The number of ether oxygens (including phenoxy) is 2. The van der Waals surface area contributed by atoms with Gasteiger partial charge in [-0.15, -0.1) is 0 Å². The summed E-state index contributed by atoms with van der Waals surface area (Å²) in [6.07, 6.45) is 3.69. The second-order valence-corrected chi connectivity index (χ2v) is 5.41. The number of carbonyl (C=O) groups is 1. The van der Waals surface area contributed by atoms with Crippen molar-refractivity contribution in [2.45, 2.75) is 6.42 Å². The molecule has 2 amide bonds. The molecule has 3 N–H and O–H groups in total. The van der Waals surface area contributed by atoms with E-state index in [1.54, 1.807) is 18.2 Å². The Hall–Kier alpha value is -2.58. The summed E-state index contributed by atoms with van der Waals surface area (Å²) in [5.74, 6) is 1.09. The lowest BCUT2D eigenvalue weighted by Crippen LogP contribution is -2.21. The van der Waals surface area contributed by atoms with Crippen molar-refractivity contribution in [3.05, 3.63) is 35.6 Å². The zero-order valence-corrected chi connectivity index (χ0v) is 14.8. The van der Waals surface area contributed by atoms with Crippen LogP contribution in [0.5, 0.6) is 11.6 Å². The number of nitrogens with zero attached hydrogens (tertiary/aromatic N) is 2. The molecule has 8 nitrogen and oxygen atoms in total. The molecular weight excluding hydrogens is 346 g/mol. The van der Waals surface area contributed by atoms with Crippen molar-refractivity contribution < 1.29 is 14.3 Å². The summed E-state index contributed by atoms with van der Waals surface area (Å²) in [4.78, 5) is 20.2. The summed E-state index contributed by atoms with van der Waals surface area (Å²) >= 11 is 6.01. The van der Waals surface area contributed by atoms with Gasteiger partial charge in [-0.2, -0.15) is 4.98 Å². The highest BCUT2D eigenvalue weighted by molar-refractivity contribution is 6.31. The number of amides is 2. The first kappa shape index (κ1) is 18.8. The van der Waals surface area contributed by atoms with Crippen LogP contribution in [-0.2, 0) is 0 Å². The van der Waals surface area contributed by atoms with E-state index in [0.29, 0.717) is 28.9 Å². The number of anilines is 2. The smallest absolute Gasteiger partial charge is 0.325 e. The molecule has 2 aromatic rings. The van der Waals surface area contributed by atoms with Crippen molar-refractivity contribution in [3.63, 3.8) is 0 Å². The van der Waals surface area contributed by atoms with E-state index in [9.17, 15) is 4.79 Å². The molecule has 25 heavy (non-hydrogen) atoms. The van der Waals surface area contributed by atoms with Gasteiger partial charge in [0.1, 0.15) is 5.75 Å². The first-order chi connectivity index (χ1) is 12.1. The Morgan fingerprint density at radius 2 is 2.12 bits per heavy atom. The predicted octanol–water partition coefficient (Wildman–Crippen LogP) is 2.77. The fourth-order valence-electron chi connectivity index (χ4n) is 1.93. The third-order valence-corrected chi connectivity index (χ3v) is 3.32. The minimum Gasteiger partial charge on any atom is -0.491 e. The van der Waals surface area contributed by atoms with Crippen LogP contribution in [0.25, 0.3) is 0 Å². The highest BCUT2D eigenvalue weighted by Crippen LogP contribution is 2.28.